The highest BCUT2D eigenvalue weighted by molar-refractivity contribution is 7.92. The van der Waals surface area contributed by atoms with E-state index in [-0.39, 0.29) is 17.5 Å². The number of carboxylic acids is 1. The van der Waals surface area contributed by atoms with Crippen LogP contribution in [0.1, 0.15) is 18.4 Å². The number of carbonyl (C=O) groups is 1. The van der Waals surface area contributed by atoms with Gasteiger partial charge < -0.3 is 5.11 Å². The van der Waals surface area contributed by atoms with E-state index in [0.29, 0.717) is 5.56 Å². The van der Waals surface area contributed by atoms with Crippen LogP contribution in [-0.4, -0.2) is 30.2 Å². The second-order valence-electron chi connectivity index (χ2n) is 4.47. The first kappa shape index (κ1) is 13.5. The summed E-state index contributed by atoms with van der Waals surface area (Å²) in [5.74, 6) is -0.488. The minimum atomic E-state index is -3.37. The summed E-state index contributed by atoms with van der Waals surface area (Å²) in [4.78, 5) is 14.3. The van der Waals surface area contributed by atoms with Gasteiger partial charge in [0.1, 0.15) is 5.82 Å². The standard InChI is InChI=1S/C12H14N2O4S/c15-12(16)4-3-9-5-6-13-11(7-9)14-19(17,18)8-10-1-2-10/h3-7,10H,1-2,8H2,(H,13,14)(H,15,16)/b4-3+. The van der Waals surface area contributed by atoms with E-state index in [0.717, 1.165) is 18.9 Å². The number of hydrogen-bond donors (Lipinski definition) is 2. The van der Waals surface area contributed by atoms with E-state index in [1.807, 2.05) is 0 Å². The third-order valence-corrected chi connectivity index (χ3v) is 4.04. The van der Waals surface area contributed by atoms with Crippen LogP contribution in [0.2, 0.25) is 0 Å². The van der Waals surface area contributed by atoms with Crippen molar-refractivity contribution in [1.29, 1.82) is 0 Å². The van der Waals surface area contributed by atoms with Gasteiger partial charge in [-0.2, -0.15) is 0 Å². The van der Waals surface area contributed by atoms with Gasteiger partial charge in [-0.15, -0.1) is 0 Å². The van der Waals surface area contributed by atoms with Crippen molar-refractivity contribution in [2.24, 2.45) is 5.92 Å². The molecule has 0 saturated heterocycles. The van der Waals surface area contributed by atoms with Gasteiger partial charge in [0.05, 0.1) is 5.75 Å². The van der Waals surface area contributed by atoms with E-state index in [1.165, 1.54) is 18.3 Å². The molecule has 0 bridgehead atoms. The normalized spacial score (nSPS) is 15.6. The van der Waals surface area contributed by atoms with Crippen molar-refractivity contribution in [1.82, 2.24) is 4.98 Å². The van der Waals surface area contributed by atoms with Crippen LogP contribution >= 0.6 is 0 Å². The molecule has 0 unspecified atom stereocenters. The Hall–Kier alpha value is -1.89. The Kier molecular flexibility index (Phi) is 3.84. The molecule has 1 heterocycles. The number of sulfonamides is 1. The Balaban J connectivity index is 2.07. The van der Waals surface area contributed by atoms with Gasteiger partial charge in [0.2, 0.25) is 10.0 Å². The lowest BCUT2D eigenvalue weighted by molar-refractivity contribution is -0.131. The maximum absolute atomic E-state index is 11.8. The van der Waals surface area contributed by atoms with Gasteiger partial charge in [0.25, 0.3) is 0 Å². The zero-order valence-corrected chi connectivity index (χ0v) is 10.9. The zero-order valence-electron chi connectivity index (χ0n) is 10.1. The summed E-state index contributed by atoms with van der Waals surface area (Å²) in [6, 6.07) is 3.09. The van der Waals surface area contributed by atoms with Crippen LogP contribution in [0.15, 0.2) is 24.4 Å². The van der Waals surface area contributed by atoms with Crippen molar-refractivity contribution < 1.29 is 18.3 Å². The summed E-state index contributed by atoms with van der Waals surface area (Å²) in [6.45, 7) is 0. The molecule has 1 aliphatic rings. The van der Waals surface area contributed by atoms with E-state index in [4.69, 9.17) is 5.11 Å². The fourth-order valence-corrected chi connectivity index (χ4v) is 3.04. The summed E-state index contributed by atoms with van der Waals surface area (Å²) >= 11 is 0. The molecule has 1 aromatic heterocycles. The fraction of sp³-hybridized carbons (Fsp3) is 0.333. The van der Waals surface area contributed by atoms with Crippen LogP contribution in [0, 0.1) is 5.92 Å². The Bertz CT molecular complexity index is 606. The van der Waals surface area contributed by atoms with Crippen LogP contribution < -0.4 is 4.72 Å². The molecule has 0 aromatic carbocycles. The molecule has 0 atom stereocenters. The van der Waals surface area contributed by atoms with Gasteiger partial charge in [-0.3, -0.25) is 4.72 Å². The molecule has 0 aliphatic heterocycles. The second-order valence-corrected chi connectivity index (χ2v) is 6.24. The molecule has 6 nitrogen and oxygen atoms in total. The van der Waals surface area contributed by atoms with Crippen molar-refractivity contribution in [3.63, 3.8) is 0 Å². The minimum Gasteiger partial charge on any atom is -0.478 e. The lowest BCUT2D eigenvalue weighted by atomic mass is 10.2. The van der Waals surface area contributed by atoms with Gasteiger partial charge >= 0.3 is 5.97 Å². The van der Waals surface area contributed by atoms with Crippen molar-refractivity contribution in [3.8, 4) is 0 Å². The molecular weight excluding hydrogens is 268 g/mol. The molecule has 0 radical (unpaired) electrons. The predicted molar refractivity (Wildman–Crippen MR) is 71.0 cm³/mol. The number of rotatable bonds is 6. The van der Waals surface area contributed by atoms with Gasteiger partial charge in [-0.25, -0.2) is 18.2 Å². The van der Waals surface area contributed by atoms with Crippen molar-refractivity contribution in [2.75, 3.05) is 10.5 Å². The smallest absolute Gasteiger partial charge is 0.328 e. The van der Waals surface area contributed by atoms with Gasteiger partial charge in [0, 0.05) is 12.3 Å². The summed E-state index contributed by atoms with van der Waals surface area (Å²) in [5, 5.41) is 8.52. The van der Waals surface area contributed by atoms with Crippen LogP contribution in [-0.2, 0) is 14.8 Å². The third kappa shape index (κ3) is 4.70. The van der Waals surface area contributed by atoms with Gasteiger partial charge in [-0.05, 0) is 42.5 Å². The first-order valence-electron chi connectivity index (χ1n) is 5.82. The molecule has 19 heavy (non-hydrogen) atoms. The molecule has 1 saturated carbocycles. The lowest BCUT2D eigenvalue weighted by Gasteiger charge is -2.06. The number of anilines is 1. The molecule has 2 rings (SSSR count). The van der Waals surface area contributed by atoms with Crippen LogP contribution in [0.4, 0.5) is 5.82 Å². The SMILES string of the molecule is O=C(O)/C=C/c1ccnc(NS(=O)(=O)CC2CC2)c1. The third-order valence-electron chi connectivity index (χ3n) is 2.61. The first-order chi connectivity index (χ1) is 8.94. The molecule has 0 amide bonds. The topological polar surface area (TPSA) is 96.4 Å². The maximum atomic E-state index is 11.8. The number of hydrogen-bond acceptors (Lipinski definition) is 4. The Morgan fingerprint density at radius 1 is 1.53 bits per heavy atom. The van der Waals surface area contributed by atoms with Crippen molar-refractivity contribution in [3.05, 3.63) is 30.0 Å². The fourth-order valence-electron chi connectivity index (χ4n) is 1.57. The van der Waals surface area contributed by atoms with Crippen molar-refractivity contribution >= 4 is 27.9 Å². The number of nitrogens with zero attached hydrogens (tertiary/aromatic N) is 1. The molecule has 1 aliphatic carbocycles. The molecule has 1 fully saturated rings. The maximum Gasteiger partial charge on any atom is 0.328 e. The van der Waals surface area contributed by atoms with Gasteiger partial charge in [-0.1, -0.05) is 0 Å². The lowest BCUT2D eigenvalue weighted by Crippen LogP contribution is -2.18. The average Bonchev–Trinajstić information content (AvgIpc) is 3.09. The van der Waals surface area contributed by atoms with Crippen LogP contribution in [0.25, 0.3) is 6.08 Å². The summed E-state index contributed by atoms with van der Waals surface area (Å²) in [6.07, 6.45) is 5.70. The van der Waals surface area contributed by atoms with E-state index in [2.05, 4.69) is 9.71 Å². The number of aliphatic carboxylic acids is 1. The highest BCUT2D eigenvalue weighted by atomic mass is 32.2. The quantitative estimate of drug-likeness (QED) is 0.767. The van der Waals surface area contributed by atoms with E-state index >= 15 is 0 Å². The molecule has 1 aromatic rings. The molecule has 0 spiro atoms. The minimum absolute atomic E-state index is 0.115. The number of pyridine rings is 1. The highest BCUT2D eigenvalue weighted by Gasteiger charge is 2.28. The molecule has 7 heteroatoms. The highest BCUT2D eigenvalue weighted by Crippen LogP contribution is 2.30. The number of aromatic nitrogens is 1. The molecule has 2 N–H and O–H groups in total. The van der Waals surface area contributed by atoms with Crippen LogP contribution in [0.5, 0.6) is 0 Å². The number of carboxylic acid groups (broad SMARTS) is 1. The monoisotopic (exact) mass is 282 g/mol. The molecular formula is C12H14N2O4S. The van der Waals surface area contributed by atoms with Gasteiger partial charge in [0.15, 0.2) is 0 Å². The van der Waals surface area contributed by atoms with E-state index < -0.39 is 16.0 Å². The van der Waals surface area contributed by atoms with E-state index in [1.54, 1.807) is 6.07 Å². The Morgan fingerprint density at radius 3 is 2.89 bits per heavy atom. The summed E-state index contributed by atoms with van der Waals surface area (Å²) in [5.41, 5.74) is 0.571. The number of nitrogens with one attached hydrogen (secondary N) is 1. The zero-order chi connectivity index (χ0) is 13.9. The molecule has 102 valence electrons. The largest absolute Gasteiger partial charge is 0.478 e. The second kappa shape index (κ2) is 5.40. The summed E-state index contributed by atoms with van der Waals surface area (Å²) < 4.78 is 25.9. The first-order valence-corrected chi connectivity index (χ1v) is 7.47. The predicted octanol–water partition coefficient (Wildman–Crippen LogP) is 1.33. The Labute approximate surface area is 111 Å². The van der Waals surface area contributed by atoms with Crippen molar-refractivity contribution in [2.45, 2.75) is 12.8 Å². The average molecular weight is 282 g/mol. The van der Waals surface area contributed by atoms with E-state index in [9.17, 15) is 13.2 Å². The Morgan fingerprint density at radius 2 is 2.26 bits per heavy atom. The summed E-state index contributed by atoms with van der Waals surface area (Å²) in [7, 11) is -3.37. The van der Waals surface area contributed by atoms with Crippen LogP contribution in [0.3, 0.4) is 0 Å².